The van der Waals surface area contributed by atoms with Gasteiger partial charge in [0.2, 0.25) is 16.9 Å². The van der Waals surface area contributed by atoms with Crippen molar-refractivity contribution >= 4 is 36.3 Å². The number of fused-ring (bicyclic) bond motifs is 3. The van der Waals surface area contributed by atoms with Gasteiger partial charge in [-0.1, -0.05) is 36.4 Å². The van der Waals surface area contributed by atoms with Gasteiger partial charge in [-0.15, -0.1) is 0 Å². The lowest BCUT2D eigenvalue weighted by Crippen LogP contribution is -2.30. The smallest absolute Gasteiger partial charge is 0.480 e. The fourth-order valence-corrected chi connectivity index (χ4v) is 5.78. The largest absolute Gasteiger partial charge is 0.497 e. The number of benzene rings is 3. The molecule has 0 unspecified atom stereocenters. The highest BCUT2D eigenvalue weighted by molar-refractivity contribution is 8.13. The van der Waals surface area contributed by atoms with Crippen molar-refractivity contribution in [3.63, 3.8) is 0 Å². The SMILES string of the molecule is COc1ccc(-c2cccc3c4ccccc4cc(-c4ccccc4)[n+]23)cc1.O=S(=O)([N-]S(=O)(=O)C(F)(F)F)C(F)(F)F. The second-order valence-electron chi connectivity index (χ2n) is 8.76. The molecule has 5 rings (SSSR count). The highest BCUT2D eigenvalue weighted by Crippen LogP contribution is 2.36. The maximum atomic E-state index is 11.4. The zero-order valence-corrected chi connectivity index (χ0v) is 23.5. The van der Waals surface area contributed by atoms with Crippen LogP contribution in [-0.2, 0) is 20.0 Å². The summed E-state index contributed by atoms with van der Waals surface area (Å²) in [5, 5.41) is 2.49. The van der Waals surface area contributed by atoms with E-state index in [-0.39, 0.29) is 0 Å². The summed E-state index contributed by atoms with van der Waals surface area (Å²) in [5.41, 5.74) is -6.51. The summed E-state index contributed by atoms with van der Waals surface area (Å²) in [5.74, 6) is 0.864. The number of sulfonamides is 2. The molecule has 0 aliphatic carbocycles. The minimum Gasteiger partial charge on any atom is -0.497 e. The van der Waals surface area contributed by atoms with Crippen LogP contribution in [0.1, 0.15) is 0 Å². The van der Waals surface area contributed by atoms with Crippen molar-refractivity contribution in [3.8, 4) is 28.3 Å². The van der Waals surface area contributed by atoms with Crippen molar-refractivity contribution in [2.24, 2.45) is 0 Å². The van der Waals surface area contributed by atoms with Crippen LogP contribution in [0, 0.1) is 0 Å². The number of nitrogens with zero attached hydrogens (tertiary/aromatic N) is 2. The number of pyridine rings is 2. The van der Waals surface area contributed by atoms with Crippen LogP contribution in [0.25, 0.3) is 42.9 Å². The van der Waals surface area contributed by atoms with Crippen molar-refractivity contribution < 1.29 is 52.3 Å². The Morgan fingerprint density at radius 3 is 1.72 bits per heavy atom. The van der Waals surface area contributed by atoms with Gasteiger partial charge in [-0.3, -0.25) is 0 Å². The van der Waals surface area contributed by atoms with Crippen molar-refractivity contribution in [1.29, 1.82) is 0 Å². The Labute approximate surface area is 242 Å². The van der Waals surface area contributed by atoms with Gasteiger partial charge in [-0.25, -0.2) is 16.8 Å². The van der Waals surface area contributed by atoms with E-state index in [1.165, 1.54) is 27.5 Å². The predicted octanol–water partition coefficient (Wildman–Crippen LogP) is 6.98. The third-order valence-corrected chi connectivity index (χ3v) is 8.74. The van der Waals surface area contributed by atoms with Gasteiger partial charge in [0.05, 0.1) is 12.5 Å². The van der Waals surface area contributed by atoms with Crippen LogP contribution in [0.4, 0.5) is 26.3 Å². The number of hydrogen-bond acceptors (Lipinski definition) is 5. The number of aromatic nitrogens is 1. The van der Waals surface area contributed by atoms with E-state index in [2.05, 4.69) is 95.4 Å². The van der Waals surface area contributed by atoms with Crippen molar-refractivity contribution in [2.75, 3.05) is 7.11 Å². The van der Waals surface area contributed by atoms with E-state index in [9.17, 15) is 43.2 Å². The Hall–Kier alpha value is -4.21. The standard InChI is InChI=1S/C26H20NO.C2F6NO4S2/c1-28-22-16-14-20(15-17-22)24-12-7-13-25-23-11-6-5-10-21(23)18-26(27(24)25)19-8-3-2-4-9-19;3-1(4,5)14(10,11)9-15(12,13)2(6,7)8/h2-18H,1H3;/q+1;-1. The first-order valence-corrected chi connectivity index (χ1v) is 14.9. The average molecular weight is 643 g/mol. The van der Waals surface area contributed by atoms with E-state index in [0.29, 0.717) is 0 Å². The highest BCUT2D eigenvalue weighted by Gasteiger charge is 2.47. The van der Waals surface area contributed by atoms with Gasteiger partial charge >= 0.3 is 11.0 Å². The summed E-state index contributed by atoms with van der Waals surface area (Å²) in [4.78, 5) is 0. The molecule has 5 aromatic rings. The number of halogens is 6. The van der Waals surface area contributed by atoms with E-state index < -0.39 is 31.1 Å². The first kappa shape index (κ1) is 31.7. The van der Waals surface area contributed by atoms with Crippen LogP contribution in [0.3, 0.4) is 0 Å². The van der Waals surface area contributed by atoms with Gasteiger partial charge in [-0.05, 0) is 53.9 Å². The highest BCUT2D eigenvalue weighted by atomic mass is 32.3. The van der Waals surface area contributed by atoms with Crippen LogP contribution in [-0.4, -0.2) is 35.0 Å². The third kappa shape index (κ3) is 6.73. The molecule has 0 atom stereocenters. The number of rotatable bonds is 5. The quantitative estimate of drug-likeness (QED) is 0.117. The zero-order valence-electron chi connectivity index (χ0n) is 21.8. The molecule has 0 spiro atoms. The Kier molecular flexibility index (Phi) is 8.72. The summed E-state index contributed by atoms with van der Waals surface area (Å²) in [6.07, 6.45) is 0. The number of ether oxygens (including phenoxy) is 1. The predicted molar refractivity (Wildman–Crippen MR) is 148 cm³/mol. The summed E-state index contributed by atoms with van der Waals surface area (Å²) in [7, 11) is -11.7. The number of alkyl halides is 6. The Bertz CT molecular complexity index is 1940. The van der Waals surface area contributed by atoms with Gasteiger partial charge in [-0.2, -0.15) is 30.7 Å². The van der Waals surface area contributed by atoms with Gasteiger partial charge in [0.25, 0.3) is 0 Å². The first-order chi connectivity index (χ1) is 20.1. The molecule has 0 aliphatic heterocycles. The van der Waals surface area contributed by atoms with E-state index in [1.807, 2.05) is 12.1 Å². The Morgan fingerprint density at radius 1 is 0.628 bits per heavy atom. The molecule has 0 fully saturated rings. The third-order valence-electron chi connectivity index (χ3n) is 6.00. The summed E-state index contributed by atoms with van der Waals surface area (Å²) >= 11 is 0. The molecule has 2 aromatic heterocycles. The molecule has 0 aliphatic rings. The van der Waals surface area contributed by atoms with Crippen LogP contribution >= 0.6 is 0 Å². The zero-order chi connectivity index (χ0) is 31.6. The summed E-state index contributed by atoms with van der Waals surface area (Å²) in [6.45, 7) is 0. The second kappa shape index (κ2) is 11.8. The monoisotopic (exact) mass is 642 g/mol. The molecule has 0 amide bonds. The normalized spacial score (nSPS) is 12.5. The van der Waals surface area contributed by atoms with Crippen LogP contribution < -0.4 is 9.14 Å². The van der Waals surface area contributed by atoms with E-state index in [4.69, 9.17) is 4.74 Å². The lowest BCUT2D eigenvalue weighted by molar-refractivity contribution is -0.485. The maximum absolute atomic E-state index is 11.4. The number of methoxy groups -OCH3 is 1. The van der Waals surface area contributed by atoms with Crippen LogP contribution in [0.2, 0.25) is 0 Å². The molecule has 15 heteroatoms. The molecule has 0 saturated carbocycles. The lowest BCUT2D eigenvalue weighted by Gasteiger charge is -2.22. The maximum Gasteiger partial charge on any atom is 0.480 e. The fraction of sp³-hybridized carbons (Fsp3) is 0.107. The Balaban J connectivity index is 0.000000242. The van der Waals surface area contributed by atoms with E-state index in [0.717, 1.165) is 21.1 Å². The number of hydrogen-bond donors (Lipinski definition) is 0. The van der Waals surface area contributed by atoms with Gasteiger partial charge < -0.3 is 8.86 Å². The van der Waals surface area contributed by atoms with E-state index in [1.54, 1.807) is 7.11 Å². The van der Waals surface area contributed by atoms with Gasteiger partial charge in [0, 0.05) is 29.3 Å². The van der Waals surface area contributed by atoms with Crippen molar-refractivity contribution in [1.82, 2.24) is 0 Å². The van der Waals surface area contributed by atoms with Gasteiger partial charge in [0.1, 0.15) is 5.75 Å². The van der Waals surface area contributed by atoms with Gasteiger partial charge in [0.15, 0.2) is 20.0 Å². The fourth-order valence-electron chi connectivity index (χ4n) is 4.07. The van der Waals surface area contributed by atoms with E-state index >= 15 is 0 Å². The van der Waals surface area contributed by atoms with Crippen molar-refractivity contribution in [3.05, 3.63) is 107 Å². The van der Waals surface area contributed by atoms with Crippen LogP contribution in [0.15, 0.2) is 103 Å². The lowest BCUT2D eigenvalue weighted by atomic mass is 10.0. The molecule has 7 nitrogen and oxygen atoms in total. The van der Waals surface area contributed by atoms with Crippen LogP contribution in [0.5, 0.6) is 5.75 Å². The molecule has 226 valence electrons. The summed E-state index contributed by atoms with van der Waals surface area (Å²) < 4.78 is 117. The molecular formula is C28H20F6N2O5S2. The first-order valence-electron chi connectivity index (χ1n) is 12.0. The molecule has 3 aromatic carbocycles. The van der Waals surface area contributed by atoms with Crippen molar-refractivity contribution in [2.45, 2.75) is 11.0 Å². The molecule has 2 heterocycles. The average Bonchev–Trinajstić information content (AvgIpc) is 2.95. The minimum atomic E-state index is -6.72. The molecular weight excluding hydrogens is 622 g/mol. The molecule has 43 heavy (non-hydrogen) atoms. The second-order valence-corrected chi connectivity index (χ2v) is 12.2. The molecule has 0 saturated heterocycles. The molecule has 0 bridgehead atoms. The molecule has 0 radical (unpaired) electrons. The topological polar surface area (TPSA) is 95.7 Å². The summed E-state index contributed by atoms with van der Waals surface area (Å²) in [6, 6.07) is 36.2. The Morgan fingerprint density at radius 2 is 1.16 bits per heavy atom. The minimum absolute atomic E-state index is 0.778. The molecule has 0 N–H and O–H groups in total.